The lowest BCUT2D eigenvalue weighted by Gasteiger charge is -2.20. The Kier molecular flexibility index (Phi) is 5.25. The summed E-state index contributed by atoms with van der Waals surface area (Å²) in [4.78, 5) is 26.9. The third-order valence-corrected chi connectivity index (χ3v) is 5.86. The number of nitrogens with one attached hydrogen (secondary N) is 1. The summed E-state index contributed by atoms with van der Waals surface area (Å²) in [6, 6.07) is 18.1. The number of benzene rings is 2. The van der Waals surface area contributed by atoms with Crippen molar-refractivity contribution in [1.29, 1.82) is 0 Å². The highest BCUT2D eigenvalue weighted by Crippen LogP contribution is 2.40. The molecule has 0 saturated heterocycles. The van der Waals surface area contributed by atoms with Gasteiger partial charge in [-0.2, -0.15) is 0 Å². The standard InChI is InChI=1S/C25H23N5O2/c1-16(25(31)32)26-13-17-12-21-23(27-14-17)24(29-15-28-21)30-11-10-20-19(8-5-9-22(20)30)18-6-3-2-4-7-18/h2-9,12,14-16,26H,10-11,13H2,1H3,(H,31,32)/t16-/m1/s1. The lowest BCUT2D eigenvalue weighted by molar-refractivity contribution is -0.139. The van der Waals surface area contributed by atoms with Crippen molar-refractivity contribution in [3.8, 4) is 11.1 Å². The van der Waals surface area contributed by atoms with E-state index in [1.54, 1.807) is 19.4 Å². The second kappa shape index (κ2) is 8.36. The Balaban J connectivity index is 1.49. The average Bonchev–Trinajstić information content (AvgIpc) is 3.26. The lowest BCUT2D eigenvalue weighted by atomic mass is 9.98. The van der Waals surface area contributed by atoms with Crippen molar-refractivity contribution in [1.82, 2.24) is 20.3 Å². The van der Waals surface area contributed by atoms with Gasteiger partial charge in [0.1, 0.15) is 17.9 Å². The molecule has 0 bridgehead atoms. The highest BCUT2D eigenvalue weighted by Gasteiger charge is 2.26. The molecule has 1 aliphatic heterocycles. The zero-order chi connectivity index (χ0) is 22.1. The number of aliphatic carboxylic acids is 1. The molecule has 2 N–H and O–H groups in total. The first-order chi connectivity index (χ1) is 15.6. The Hall–Kier alpha value is -3.84. The Labute approximate surface area is 185 Å². The van der Waals surface area contributed by atoms with Gasteiger partial charge < -0.3 is 15.3 Å². The summed E-state index contributed by atoms with van der Waals surface area (Å²) < 4.78 is 0. The minimum atomic E-state index is -0.883. The van der Waals surface area contributed by atoms with E-state index in [1.807, 2.05) is 12.1 Å². The van der Waals surface area contributed by atoms with Crippen molar-refractivity contribution in [3.63, 3.8) is 0 Å². The molecule has 0 unspecified atom stereocenters. The van der Waals surface area contributed by atoms with Gasteiger partial charge in [0.25, 0.3) is 0 Å². The Morgan fingerprint density at radius 3 is 2.78 bits per heavy atom. The van der Waals surface area contributed by atoms with Crippen LogP contribution in [0.25, 0.3) is 22.2 Å². The maximum absolute atomic E-state index is 11.0. The summed E-state index contributed by atoms with van der Waals surface area (Å²) >= 11 is 0. The molecule has 1 atom stereocenters. The predicted octanol–water partition coefficient (Wildman–Crippen LogP) is 3.95. The number of fused-ring (bicyclic) bond motifs is 2. The first-order valence-electron chi connectivity index (χ1n) is 10.6. The van der Waals surface area contributed by atoms with Crippen LogP contribution in [0.1, 0.15) is 18.1 Å². The van der Waals surface area contributed by atoms with E-state index in [4.69, 9.17) is 5.11 Å². The van der Waals surface area contributed by atoms with Crippen molar-refractivity contribution in [3.05, 3.63) is 78.2 Å². The molecule has 1 aliphatic rings. The SMILES string of the molecule is C[C@@H](NCc1cnc2c(N3CCc4c(-c5ccccc5)cccc43)ncnc2c1)C(=O)O. The molecular formula is C25H23N5O2. The van der Waals surface area contributed by atoms with Gasteiger partial charge in [-0.05, 0) is 47.7 Å². The summed E-state index contributed by atoms with van der Waals surface area (Å²) in [5, 5.41) is 12.0. The quantitative estimate of drug-likeness (QED) is 0.483. The third-order valence-electron chi connectivity index (χ3n) is 5.86. The van der Waals surface area contributed by atoms with E-state index in [-0.39, 0.29) is 0 Å². The third kappa shape index (κ3) is 3.67. The van der Waals surface area contributed by atoms with Crippen LogP contribution in [0.5, 0.6) is 0 Å². The molecule has 0 saturated carbocycles. The first kappa shape index (κ1) is 20.1. The number of aromatic nitrogens is 3. The Morgan fingerprint density at radius 2 is 1.97 bits per heavy atom. The summed E-state index contributed by atoms with van der Waals surface area (Å²) in [5.41, 5.74) is 7.28. The van der Waals surface area contributed by atoms with Gasteiger partial charge in [-0.3, -0.25) is 9.78 Å². The molecule has 2 aromatic heterocycles. The molecule has 2 aromatic carbocycles. The van der Waals surface area contributed by atoms with Gasteiger partial charge in [-0.25, -0.2) is 9.97 Å². The number of carbonyl (C=O) groups is 1. The van der Waals surface area contributed by atoms with Crippen LogP contribution in [0.15, 0.2) is 67.1 Å². The fourth-order valence-corrected chi connectivity index (χ4v) is 4.17. The molecule has 7 heteroatoms. The molecule has 5 rings (SSSR count). The topological polar surface area (TPSA) is 91.2 Å². The second-order valence-electron chi connectivity index (χ2n) is 7.92. The molecule has 32 heavy (non-hydrogen) atoms. The van der Waals surface area contributed by atoms with Crippen LogP contribution < -0.4 is 10.2 Å². The Bertz CT molecular complexity index is 1290. The van der Waals surface area contributed by atoms with Gasteiger partial charge in [0, 0.05) is 25.0 Å². The number of pyridine rings is 1. The van der Waals surface area contributed by atoms with Crippen LogP contribution in [0.4, 0.5) is 11.5 Å². The maximum atomic E-state index is 11.0. The summed E-state index contributed by atoms with van der Waals surface area (Å²) in [6.45, 7) is 2.85. The van der Waals surface area contributed by atoms with Crippen LogP contribution in [-0.2, 0) is 17.8 Å². The number of hydrogen-bond donors (Lipinski definition) is 2. The van der Waals surface area contributed by atoms with Gasteiger partial charge in [0.15, 0.2) is 5.82 Å². The number of carboxylic acids is 1. The van der Waals surface area contributed by atoms with Crippen molar-refractivity contribution in [2.45, 2.75) is 25.9 Å². The summed E-state index contributed by atoms with van der Waals surface area (Å²) in [5.74, 6) is -0.0942. The largest absolute Gasteiger partial charge is 0.480 e. The van der Waals surface area contributed by atoms with Gasteiger partial charge in [-0.15, -0.1) is 0 Å². The van der Waals surface area contributed by atoms with Crippen LogP contribution in [0, 0.1) is 0 Å². The Morgan fingerprint density at radius 1 is 1.12 bits per heavy atom. The molecule has 0 aliphatic carbocycles. The summed E-state index contributed by atoms with van der Waals surface area (Å²) in [7, 11) is 0. The van der Waals surface area contributed by atoms with E-state index >= 15 is 0 Å². The minimum absolute atomic E-state index is 0.405. The number of hydrogen-bond acceptors (Lipinski definition) is 6. The lowest BCUT2D eigenvalue weighted by Crippen LogP contribution is -2.33. The zero-order valence-corrected chi connectivity index (χ0v) is 17.7. The number of nitrogens with zero attached hydrogens (tertiary/aromatic N) is 4. The maximum Gasteiger partial charge on any atom is 0.320 e. The second-order valence-corrected chi connectivity index (χ2v) is 7.92. The van der Waals surface area contributed by atoms with E-state index in [1.165, 1.54) is 16.7 Å². The molecule has 0 radical (unpaired) electrons. The number of carboxylic acid groups (broad SMARTS) is 1. The van der Waals surface area contributed by atoms with E-state index in [0.717, 1.165) is 41.1 Å². The highest BCUT2D eigenvalue weighted by atomic mass is 16.4. The van der Waals surface area contributed by atoms with E-state index < -0.39 is 12.0 Å². The van der Waals surface area contributed by atoms with Crippen LogP contribution in [0.2, 0.25) is 0 Å². The van der Waals surface area contributed by atoms with Gasteiger partial charge in [0.2, 0.25) is 0 Å². The minimum Gasteiger partial charge on any atom is -0.480 e. The molecule has 0 fully saturated rings. The van der Waals surface area contributed by atoms with E-state index in [2.05, 4.69) is 67.6 Å². The summed E-state index contributed by atoms with van der Waals surface area (Å²) in [6.07, 6.45) is 4.25. The fraction of sp³-hybridized carbons (Fsp3) is 0.200. The van der Waals surface area contributed by atoms with Crippen molar-refractivity contribution >= 4 is 28.5 Å². The van der Waals surface area contributed by atoms with Gasteiger partial charge >= 0.3 is 5.97 Å². The van der Waals surface area contributed by atoms with Crippen LogP contribution >= 0.6 is 0 Å². The smallest absolute Gasteiger partial charge is 0.320 e. The molecular weight excluding hydrogens is 402 g/mol. The molecule has 3 heterocycles. The molecule has 0 amide bonds. The monoisotopic (exact) mass is 425 g/mol. The van der Waals surface area contributed by atoms with Crippen molar-refractivity contribution < 1.29 is 9.90 Å². The van der Waals surface area contributed by atoms with E-state index in [9.17, 15) is 4.79 Å². The van der Waals surface area contributed by atoms with Gasteiger partial charge in [0.05, 0.1) is 5.52 Å². The normalized spacial score (nSPS) is 13.8. The van der Waals surface area contributed by atoms with Crippen molar-refractivity contribution in [2.24, 2.45) is 0 Å². The first-order valence-corrected chi connectivity index (χ1v) is 10.6. The number of anilines is 2. The number of rotatable bonds is 6. The van der Waals surface area contributed by atoms with Gasteiger partial charge in [-0.1, -0.05) is 42.5 Å². The average molecular weight is 425 g/mol. The fourth-order valence-electron chi connectivity index (χ4n) is 4.17. The van der Waals surface area contributed by atoms with Crippen molar-refractivity contribution in [2.75, 3.05) is 11.4 Å². The molecule has 0 spiro atoms. The zero-order valence-electron chi connectivity index (χ0n) is 17.7. The molecule has 7 nitrogen and oxygen atoms in total. The molecule has 4 aromatic rings. The van der Waals surface area contributed by atoms with Crippen LogP contribution in [-0.4, -0.2) is 38.6 Å². The predicted molar refractivity (Wildman–Crippen MR) is 124 cm³/mol. The highest BCUT2D eigenvalue weighted by molar-refractivity contribution is 5.90. The molecule has 160 valence electrons. The van der Waals surface area contributed by atoms with E-state index in [0.29, 0.717) is 6.54 Å². The van der Waals surface area contributed by atoms with Crippen LogP contribution in [0.3, 0.4) is 0 Å².